The lowest BCUT2D eigenvalue weighted by atomic mass is 10.0. The second-order valence-electron chi connectivity index (χ2n) is 5.02. The zero-order valence-corrected chi connectivity index (χ0v) is 13.5. The molecule has 2 aromatic heterocycles. The number of nitrogens with zero attached hydrogens (tertiary/aromatic N) is 3. The van der Waals surface area contributed by atoms with E-state index in [4.69, 9.17) is 9.47 Å². The van der Waals surface area contributed by atoms with Crippen molar-refractivity contribution in [3.05, 3.63) is 36.7 Å². The lowest BCUT2D eigenvalue weighted by molar-refractivity contribution is -0.114. The quantitative estimate of drug-likeness (QED) is 0.794. The number of aromatic nitrogens is 3. The predicted molar refractivity (Wildman–Crippen MR) is 90.2 cm³/mol. The summed E-state index contributed by atoms with van der Waals surface area (Å²) in [5.74, 6) is 0.249. The van der Waals surface area contributed by atoms with Crippen molar-refractivity contribution in [2.24, 2.45) is 0 Å². The van der Waals surface area contributed by atoms with Crippen molar-refractivity contribution in [2.75, 3.05) is 19.5 Å². The highest BCUT2D eigenvalue weighted by molar-refractivity contribution is 6.05. The van der Waals surface area contributed by atoms with Crippen molar-refractivity contribution in [3.63, 3.8) is 0 Å². The van der Waals surface area contributed by atoms with E-state index in [9.17, 15) is 4.79 Å². The number of pyridine rings is 1. The standard InChI is InChI=1S/C17H16N4O3/c1-10(22)20-14-7-6-11(12-5-4-8-18-15(12)14)13-9-19-17(24-3)21-16(13)23-2/h4-9H,1-3H3,(H,20,22). The fourth-order valence-electron chi connectivity index (χ4n) is 2.49. The minimum Gasteiger partial charge on any atom is -0.480 e. The molecule has 0 saturated heterocycles. The van der Waals surface area contributed by atoms with Gasteiger partial charge in [-0.15, -0.1) is 0 Å². The number of amides is 1. The Morgan fingerprint density at radius 1 is 1.08 bits per heavy atom. The third-order valence-corrected chi connectivity index (χ3v) is 3.48. The largest absolute Gasteiger partial charge is 0.480 e. The first-order chi connectivity index (χ1) is 11.6. The van der Waals surface area contributed by atoms with Crippen LogP contribution in [0.15, 0.2) is 36.7 Å². The molecule has 2 heterocycles. The summed E-state index contributed by atoms with van der Waals surface area (Å²) in [4.78, 5) is 24.2. The van der Waals surface area contributed by atoms with Crippen LogP contribution in [0.2, 0.25) is 0 Å². The third-order valence-electron chi connectivity index (χ3n) is 3.48. The number of carbonyl (C=O) groups is 1. The summed E-state index contributed by atoms with van der Waals surface area (Å²) in [6, 6.07) is 7.67. The molecule has 1 N–H and O–H groups in total. The molecule has 24 heavy (non-hydrogen) atoms. The van der Waals surface area contributed by atoms with Crippen molar-refractivity contribution >= 4 is 22.5 Å². The molecule has 0 radical (unpaired) electrons. The number of anilines is 1. The third kappa shape index (κ3) is 2.83. The van der Waals surface area contributed by atoms with Crippen LogP contribution < -0.4 is 14.8 Å². The minimum absolute atomic E-state index is 0.153. The number of methoxy groups -OCH3 is 2. The SMILES string of the molecule is COc1ncc(-c2ccc(NC(C)=O)c3ncccc23)c(OC)n1. The van der Waals surface area contributed by atoms with E-state index < -0.39 is 0 Å². The Hall–Kier alpha value is -3.22. The van der Waals surface area contributed by atoms with Crippen molar-refractivity contribution in [3.8, 4) is 23.0 Å². The van der Waals surface area contributed by atoms with Gasteiger partial charge in [-0.05, 0) is 17.7 Å². The van der Waals surface area contributed by atoms with E-state index in [0.717, 1.165) is 10.9 Å². The van der Waals surface area contributed by atoms with Crippen LogP contribution in [0.4, 0.5) is 5.69 Å². The maximum atomic E-state index is 11.4. The molecule has 3 aromatic rings. The van der Waals surface area contributed by atoms with Gasteiger partial charge >= 0.3 is 6.01 Å². The fourth-order valence-corrected chi connectivity index (χ4v) is 2.49. The Kier molecular flexibility index (Phi) is 4.24. The Morgan fingerprint density at radius 2 is 1.92 bits per heavy atom. The first-order valence-corrected chi connectivity index (χ1v) is 7.24. The molecule has 7 heteroatoms. The highest BCUT2D eigenvalue weighted by Gasteiger charge is 2.15. The van der Waals surface area contributed by atoms with Gasteiger partial charge in [0.15, 0.2) is 0 Å². The summed E-state index contributed by atoms with van der Waals surface area (Å²) in [5.41, 5.74) is 2.90. The zero-order valence-electron chi connectivity index (χ0n) is 13.5. The first kappa shape index (κ1) is 15.7. The molecule has 3 rings (SSSR count). The van der Waals surface area contributed by atoms with Crippen molar-refractivity contribution < 1.29 is 14.3 Å². The van der Waals surface area contributed by atoms with Crippen LogP contribution in [0.3, 0.4) is 0 Å². The molecule has 0 aliphatic carbocycles. The molecule has 1 aromatic carbocycles. The van der Waals surface area contributed by atoms with Crippen molar-refractivity contribution in [1.29, 1.82) is 0 Å². The second-order valence-corrected chi connectivity index (χ2v) is 5.02. The van der Waals surface area contributed by atoms with Crippen molar-refractivity contribution in [2.45, 2.75) is 6.92 Å². The minimum atomic E-state index is -0.153. The summed E-state index contributed by atoms with van der Waals surface area (Å²) in [7, 11) is 3.04. The Morgan fingerprint density at radius 3 is 2.62 bits per heavy atom. The van der Waals surface area contributed by atoms with Crippen molar-refractivity contribution in [1.82, 2.24) is 15.0 Å². The molecule has 0 saturated carbocycles. The van der Waals surface area contributed by atoms with Crippen LogP contribution >= 0.6 is 0 Å². The number of nitrogens with one attached hydrogen (secondary N) is 1. The fraction of sp³-hybridized carbons (Fsp3) is 0.176. The molecule has 0 bridgehead atoms. The first-order valence-electron chi connectivity index (χ1n) is 7.24. The molecule has 122 valence electrons. The average molecular weight is 324 g/mol. The lowest BCUT2D eigenvalue weighted by Gasteiger charge is -2.13. The van der Waals surface area contributed by atoms with Crippen LogP contribution in [-0.4, -0.2) is 35.1 Å². The topological polar surface area (TPSA) is 86.2 Å². The second kappa shape index (κ2) is 6.49. The van der Waals surface area contributed by atoms with Gasteiger partial charge in [0, 0.05) is 24.7 Å². The molecule has 1 amide bonds. The summed E-state index contributed by atoms with van der Waals surface area (Å²) in [5, 5.41) is 3.65. The number of carbonyl (C=O) groups excluding carboxylic acids is 1. The molecule has 7 nitrogen and oxygen atoms in total. The highest BCUT2D eigenvalue weighted by atomic mass is 16.5. The van der Waals surface area contributed by atoms with Gasteiger partial charge < -0.3 is 14.8 Å². The summed E-state index contributed by atoms with van der Waals surface area (Å²) < 4.78 is 10.4. The number of hydrogen-bond donors (Lipinski definition) is 1. The summed E-state index contributed by atoms with van der Waals surface area (Å²) in [6.07, 6.45) is 3.32. The molecular formula is C17H16N4O3. The van der Waals surface area contributed by atoms with Gasteiger partial charge in [-0.25, -0.2) is 4.98 Å². The van der Waals surface area contributed by atoms with Gasteiger partial charge in [0.05, 0.1) is 31.0 Å². The number of ether oxygens (including phenoxy) is 2. The summed E-state index contributed by atoms with van der Waals surface area (Å²) >= 11 is 0. The average Bonchev–Trinajstić information content (AvgIpc) is 2.61. The molecular weight excluding hydrogens is 308 g/mol. The molecule has 0 atom stereocenters. The van der Waals surface area contributed by atoms with Crippen LogP contribution in [-0.2, 0) is 4.79 Å². The predicted octanol–water partition coefficient (Wildman–Crippen LogP) is 2.67. The van der Waals surface area contributed by atoms with Crippen LogP contribution in [0, 0.1) is 0 Å². The van der Waals surface area contributed by atoms with Gasteiger partial charge in [-0.3, -0.25) is 9.78 Å². The van der Waals surface area contributed by atoms with E-state index >= 15 is 0 Å². The molecule has 0 spiro atoms. The monoisotopic (exact) mass is 324 g/mol. The van der Waals surface area contributed by atoms with Crippen LogP contribution in [0.1, 0.15) is 6.92 Å². The van der Waals surface area contributed by atoms with Crippen LogP contribution in [0.25, 0.3) is 22.0 Å². The zero-order chi connectivity index (χ0) is 17.1. The van der Waals surface area contributed by atoms with Gasteiger partial charge in [0.25, 0.3) is 0 Å². The number of fused-ring (bicyclic) bond motifs is 1. The molecule has 0 unspecified atom stereocenters. The molecule has 0 aliphatic heterocycles. The molecule has 0 fully saturated rings. The van der Waals surface area contributed by atoms with Crippen LogP contribution in [0.5, 0.6) is 11.9 Å². The summed E-state index contributed by atoms with van der Waals surface area (Å²) in [6.45, 7) is 1.46. The smallest absolute Gasteiger partial charge is 0.319 e. The van der Waals surface area contributed by atoms with E-state index in [0.29, 0.717) is 22.6 Å². The van der Waals surface area contributed by atoms with E-state index in [1.165, 1.54) is 21.1 Å². The highest BCUT2D eigenvalue weighted by Crippen LogP contribution is 2.36. The van der Waals surface area contributed by atoms with Gasteiger partial charge in [-0.2, -0.15) is 4.98 Å². The van der Waals surface area contributed by atoms with Gasteiger partial charge in [-0.1, -0.05) is 12.1 Å². The normalized spacial score (nSPS) is 10.5. The van der Waals surface area contributed by atoms with Gasteiger partial charge in [0.1, 0.15) is 0 Å². The van der Waals surface area contributed by atoms with E-state index in [1.54, 1.807) is 18.5 Å². The maximum absolute atomic E-state index is 11.4. The number of rotatable bonds is 4. The lowest BCUT2D eigenvalue weighted by Crippen LogP contribution is -2.07. The Labute approximate surface area is 138 Å². The van der Waals surface area contributed by atoms with E-state index in [-0.39, 0.29) is 11.9 Å². The Bertz CT molecular complexity index is 911. The molecule has 0 aliphatic rings. The number of benzene rings is 1. The van der Waals surface area contributed by atoms with Gasteiger partial charge in [0.2, 0.25) is 11.8 Å². The van der Waals surface area contributed by atoms with E-state index in [1.807, 2.05) is 18.2 Å². The number of hydrogen-bond acceptors (Lipinski definition) is 6. The maximum Gasteiger partial charge on any atom is 0.319 e. The van der Waals surface area contributed by atoms with E-state index in [2.05, 4.69) is 20.3 Å². The Balaban J connectivity index is 2.23.